The Morgan fingerprint density at radius 3 is 2.60 bits per heavy atom. The molecular formula is C19H17N3O3. The first-order chi connectivity index (χ1) is 12.1. The summed E-state index contributed by atoms with van der Waals surface area (Å²) in [4.78, 5) is 17.3. The number of anilines is 2. The van der Waals surface area contributed by atoms with Crippen molar-refractivity contribution in [3.8, 4) is 11.5 Å². The fraction of sp³-hybridized carbons (Fsp3) is 0.158. The summed E-state index contributed by atoms with van der Waals surface area (Å²) in [5.41, 5.74) is 8.96. The fourth-order valence-corrected chi connectivity index (χ4v) is 2.88. The van der Waals surface area contributed by atoms with Crippen LogP contribution < -0.4 is 20.5 Å². The van der Waals surface area contributed by atoms with Gasteiger partial charge in [0, 0.05) is 17.1 Å². The van der Waals surface area contributed by atoms with E-state index in [1.807, 2.05) is 25.1 Å². The molecule has 25 heavy (non-hydrogen) atoms. The summed E-state index contributed by atoms with van der Waals surface area (Å²) in [5.74, 6) is 1.03. The SMILES string of the molecule is Cc1cc(C(=O)Nc2ccccc2N)c2cc3c(cc2n1)OCCO3. The molecule has 0 saturated heterocycles. The minimum atomic E-state index is -0.245. The molecule has 1 aliphatic rings. The van der Waals surface area contributed by atoms with Gasteiger partial charge in [0.25, 0.3) is 5.91 Å². The van der Waals surface area contributed by atoms with Gasteiger partial charge in [-0.3, -0.25) is 9.78 Å². The van der Waals surface area contributed by atoms with Crippen LogP contribution in [0, 0.1) is 6.92 Å². The largest absolute Gasteiger partial charge is 0.486 e. The van der Waals surface area contributed by atoms with Crippen LogP contribution >= 0.6 is 0 Å². The van der Waals surface area contributed by atoms with Gasteiger partial charge in [-0.2, -0.15) is 0 Å². The first-order valence-corrected chi connectivity index (χ1v) is 7.99. The van der Waals surface area contributed by atoms with Crippen LogP contribution in [0.4, 0.5) is 11.4 Å². The van der Waals surface area contributed by atoms with E-state index in [0.717, 1.165) is 5.69 Å². The molecule has 6 nitrogen and oxygen atoms in total. The van der Waals surface area contributed by atoms with Crippen molar-refractivity contribution in [2.45, 2.75) is 6.92 Å². The molecule has 1 aromatic heterocycles. The van der Waals surface area contributed by atoms with E-state index in [9.17, 15) is 4.79 Å². The second-order valence-electron chi connectivity index (χ2n) is 5.87. The third-order valence-electron chi connectivity index (χ3n) is 4.05. The summed E-state index contributed by atoms with van der Waals surface area (Å²) in [6.45, 7) is 2.84. The van der Waals surface area contributed by atoms with E-state index < -0.39 is 0 Å². The third-order valence-corrected chi connectivity index (χ3v) is 4.05. The molecule has 0 atom stereocenters. The summed E-state index contributed by atoms with van der Waals surface area (Å²) in [6, 6.07) is 12.5. The van der Waals surface area contributed by atoms with Gasteiger partial charge in [0.2, 0.25) is 0 Å². The number of aromatic nitrogens is 1. The Morgan fingerprint density at radius 2 is 1.84 bits per heavy atom. The van der Waals surface area contributed by atoms with E-state index in [-0.39, 0.29) is 5.91 Å². The Balaban J connectivity index is 1.80. The molecule has 0 spiro atoms. The lowest BCUT2D eigenvalue weighted by Crippen LogP contribution is -2.16. The first kappa shape index (κ1) is 15.3. The van der Waals surface area contributed by atoms with Crippen LogP contribution in [0.5, 0.6) is 11.5 Å². The fourth-order valence-electron chi connectivity index (χ4n) is 2.88. The molecule has 0 unspecified atom stereocenters. The summed E-state index contributed by atoms with van der Waals surface area (Å²) in [7, 11) is 0. The quantitative estimate of drug-likeness (QED) is 0.703. The monoisotopic (exact) mass is 335 g/mol. The topological polar surface area (TPSA) is 86.5 Å². The summed E-state index contributed by atoms with van der Waals surface area (Å²) < 4.78 is 11.2. The number of nitrogens with zero attached hydrogens (tertiary/aromatic N) is 1. The Kier molecular flexibility index (Phi) is 3.65. The number of hydrogen-bond acceptors (Lipinski definition) is 5. The highest BCUT2D eigenvalue weighted by Gasteiger charge is 2.18. The minimum Gasteiger partial charge on any atom is -0.486 e. The molecule has 2 aromatic carbocycles. The van der Waals surface area contributed by atoms with E-state index in [1.54, 1.807) is 24.3 Å². The number of fused-ring (bicyclic) bond motifs is 2. The molecule has 3 N–H and O–H groups in total. The van der Waals surface area contributed by atoms with Gasteiger partial charge >= 0.3 is 0 Å². The molecule has 1 aliphatic heterocycles. The Morgan fingerprint density at radius 1 is 1.12 bits per heavy atom. The van der Waals surface area contributed by atoms with Gasteiger partial charge in [-0.25, -0.2) is 0 Å². The van der Waals surface area contributed by atoms with Crippen molar-refractivity contribution in [2.75, 3.05) is 24.3 Å². The number of ether oxygens (including phenoxy) is 2. The second kappa shape index (κ2) is 5.98. The predicted molar refractivity (Wildman–Crippen MR) is 96.3 cm³/mol. The van der Waals surface area contributed by atoms with Crippen molar-refractivity contribution in [2.24, 2.45) is 0 Å². The van der Waals surface area contributed by atoms with E-state index in [0.29, 0.717) is 52.6 Å². The van der Waals surface area contributed by atoms with Crippen LogP contribution in [0.25, 0.3) is 10.9 Å². The number of benzene rings is 2. The lowest BCUT2D eigenvalue weighted by molar-refractivity contribution is 0.102. The number of aryl methyl sites for hydroxylation is 1. The highest BCUT2D eigenvalue weighted by Crippen LogP contribution is 2.35. The molecule has 0 saturated carbocycles. The molecule has 2 heterocycles. The average Bonchev–Trinajstić information content (AvgIpc) is 2.61. The van der Waals surface area contributed by atoms with Gasteiger partial charge < -0.3 is 20.5 Å². The van der Waals surface area contributed by atoms with E-state index in [2.05, 4.69) is 10.3 Å². The molecule has 126 valence electrons. The number of pyridine rings is 1. The predicted octanol–water partition coefficient (Wildman–Crippen LogP) is 3.15. The summed E-state index contributed by atoms with van der Waals surface area (Å²) in [5, 5.41) is 3.57. The number of rotatable bonds is 2. The Labute approximate surface area is 144 Å². The maximum absolute atomic E-state index is 12.8. The number of nitrogens with two attached hydrogens (primary N) is 1. The van der Waals surface area contributed by atoms with Crippen molar-refractivity contribution in [1.29, 1.82) is 0 Å². The second-order valence-corrected chi connectivity index (χ2v) is 5.87. The van der Waals surface area contributed by atoms with Gasteiger partial charge in [0.15, 0.2) is 11.5 Å². The number of carbonyl (C=O) groups is 1. The third kappa shape index (κ3) is 2.82. The Bertz CT molecular complexity index is 985. The zero-order valence-corrected chi connectivity index (χ0v) is 13.7. The van der Waals surface area contributed by atoms with Crippen molar-refractivity contribution < 1.29 is 14.3 Å². The smallest absolute Gasteiger partial charge is 0.256 e. The molecule has 4 rings (SSSR count). The van der Waals surface area contributed by atoms with Crippen LogP contribution in [-0.2, 0) is 0 Å². The number of para-hydroxylation sites is 2. The number of nitrogens with one attached hydrogen (secondary N) is 1. The lowest BCUT2D eigenvalue weighted by atomic mass is 10.1. The van der Waals surface area contributed by atoms with Gasteiger partial charge in [0.05, 0.1) is 22.5 Å². The lowest BCUT2D eigenvalue weighted by Gasteiger charge is -2.19. The number of carbonyl (C=O) groups excluding carboxylic acids is 1. The number of amides is 1. The molecule has 0 fully saturated rings. The van der Waals surface area contributed by atoms with Crippen molar-refractivity contribution >= 4 is 28.2 Å². The van der Waals surface area contributed by atoms with Crippen LogP contribution in [0.3, 0.4) is 0 Å². The molecular weight excluding hydrogens is 318 g/mol. The van der Waals surface area contributed by atoms with E-state index in [4.69, 9.17) is 15.2 Å². The van der Waals surface area contributed by atoms with Crippen LogP contribution in [0.15, 0.2) is 42.5 Å². The average molecular weight is 335 g/mol. The Hall–Kier alpha value is -3.28. The minimum absolute atomic E-state index is 0.245. The summed E-state index contributed by atoms with van der Waals surface area (Å²) >= 11 is 0. The molecule has 0 bridgehead atoms. The molecule has 3 aromatic rings. The van der Waals surface area contributed by atoms with Gasteiger partial charge in [-0.15, -0.1) is 0 Å². The molecule has 1 amide bonds. The van der Waals surface area contributed by atoms with Crippen LogP contribution in [0.2, 0.25) is 0 Å². The van der Waals surface area contributed by atoms with Gasteiger partial charge in [-0.1, -0.05) is 12.1 Å². The van der Waals surface area contributed by atoms with Crippen molar-refractivity contribution in [3.63, 3.8) is 0 Å². The number of hydrogen-bond donors (Lipinski definition) is 2. The maximum Gasteiger partial charge on any atom is 0.256 e. The first-order valence-electron chi connectivity index (χ1n) is 7.99. The van der Waals surface area contributed by atoms with Crippen molar-refractivity contribution in [1.82, 2.24) is 4.98 Å². The standard InChI is InChI=1S/C19H17N3O3/c1-11-8-13(19(23)22-15-5-3-2-4-14(15)20)12-9-17-18(10-16(12)21-11)25-7-6-24-17/h2-5,8-10H,6-7,20H2,1H3,(H,22,23). The zero-order chi connectivity index (χ0) is 17.4. The zero-order valence-electron chi connectivity index (χ0n) is 13.7. The van der Waals surface area contributed by atoms with E-state index >= 15 is 0 Å². The maximum atomic E-state index is 12.8. The summed E-state index contributed by atoms with van der Waals surface area (Å²) in [6.07, 6.45) is 0. The van der Waals surface area contributed by atoms with Gasteiger partial charge in [-0.05, 0) is 31.2 Å². The molecule has 0 radical (unpaired) electrons. The number of nitrogen functional groups attached to an aromatic ring is 1. The molecule has 6 heteroatoms. The van der Waals surface area contributed by atoms with Crippen LogP contribution in [0.1, 0.15) is 16.1 Å². The normalized spacial score (nSPS) is 12.8. The van der Waals surface area contributed by atoms with E-state index in [1.165, 1.54) is 0 Å². The molecule has 0 aliphatic carbocycles. The van der Waals surface area contributed by atoms with Crippen LogP contribution in [-0.4, -0.2) is 24.1 Å². The highest BCUT2D eigenvalue weighted by molar-refractivity contribution is 6.13. The van der Waals surface area contributed by atoms with Gasteiger partial charge in [0.1, 0.15) is 13.2 Å². The van der Waals surface area contributed by atoms with Crippen molar-refractivity contribution in [3.05, 3.63) is 53.7 Å². The highest BCUT2D eigenvalue weighted by atomic mass is 16.6.